The maximum Gasteiger partial charge on any atom is 0.305 e. The Morgan fingerprint density at radius 1 is 1.50 bits per heavy atom. The monoisotopic (exact) mass is 314 g/mol. The predicted molar refractivity (Wildman–Crippen MR) is 63.2 cm³/mol. The molecule has 0 bridgehead atoms. The summed E-state index contributed by atoms with van der Waals surface area (Å²) in [6.07, 6.45) is -0.131. The lowest BCUT2D eigenvalue weighted by atomic mass is 10.2. The summed E-state index contributed by atoms with van der Waals surface area (Å²) in [5, 5.41) is 19.4. The number of carboxylic acid groups (broad SMARTS) is 1. The highest BCUT2D eigenvalue weighted by atomic mass is 79.9. The molecule has 2 aromatic rings. The fourth-order valence-corrected chi connectivity index (χ4v) is 1.79. The van der Waals surface area contributed by atoms with Crippen LogP contribution in [0.15, 0.2) is 22.7 Å². The molecule has 0 aliphatic carbocycles. The maximum atomic E-state index is 13.9. The van der Waals surface area contributed by atoms with Crippen LogP contribution in [-0.4, -0.2) is 31.3 Å². The molecule has 0 aliphatic heterocycles. The minimum absolute atomic E-state index is 0.0869. The van der Waals surface area contributed by atoms with Crippen LogP contribution in [0.2, 0.25) is 0 Å². The van der Waals surface area contributed by atoms with Crippen molar-refractivity contribution in [1.82, 2.24) is 20.2 Å². The molecule has 1 heterocycles. The summed E-state index contributed by atoms with van der Waals surface area (Å²) >= 11 is 3.07. The van der Waals surface area contributed by atoms with Crippen molar-refractivity contribution >= 4 is 21.9 Å². The summed E-state index contributed by atoms with van der Waals surface area (Å²) in [4.78, 5) is 10.5. The first-order valence-corrected chi connectivity index (χ1v) is 5.81. The smallest absolute Gasteiger partial charge is 0.305 e. The molecule has 1 aromatic carbocycles. The molecular formula is C10H8BrFN4O2. The van der Waals surface area contributed by atoms with E-state index >= 15 is 0 Å². The van der Waals surface area contributed by atoms with Crippen LogP contribution in [-0.2, 0) is 11.3 Å². The van der Waals surface area contributed by atoms with Gasteiger partial charge in [0.1, 0.15) is 5.82 Å². The molecule has 18 heavy (non-hydrogen) atoms. The van der Waals surface area contributed by atoms with Crippen LogP contribution in [0.25, 0.3) is 11.4 Å². The number of carbonyl (C=O) groups is 1. The Morgan fingerprint density at radius 2 is 2.28 bits per heavy atom. The molecule has 6 nitrogen and oxygen atoms in total. The molecule has 0 unspecified atom stereocenters. The summed E-state index contributed by atoms with van der Waals surface area (Å²) in [5.41, 5.74) is 0.222. The Hall–Kier alpha value is -1.83. The van der Waals surface area contributed by atoms with Crippen molar-refractivity contribution in [2.75, 3.05) is 0 Å². The van der Waals surface area contributed by atoms with Crippen LogP contribution in [0.3, 0.4) is 0 Å². The van der Waals surface area contributed by atoms with Crippen molar-refractivity contribution in [1.29, 1.82) is 0 Å². The van der Waals surface area contributed by atoms with Crippen molar-refractivity contribution in [2.45, 2.75) is 13.0 Å². The first-order chi connectivity index (χ1) is 8.59. The van der Waals surface area contributed by atoms with Gasteiger partial charge in [0, 0.05) is 0 Å². The summed E-state index contributed by atoms with van der Waals surface area (Å²) in [7, 11) is 0. The number of aromatic nitrogens is 4. The van der Waals surface area contributed by atoms with Crippen LogP contribution < -0.4 is 0 Å². The van der Waals surface area contributed by atoms with E-state index in [0.717, 1.165) is 0 Å². The Kier molecular flexibility index (Phi) is 3.66. The quantitative estimate of drug-likeness (QED) is 0.929. The fraction of sp³-hybridized carbons (Fsp3) is 0.200. The third kappa shape index (κ3) is 2.53. The van der Waals surface area contributed by atoms with Gasteiger partial charge in [-0.2, -0.15) is 0 Å². The number of aliphatic carboxylic acids is 1. The zero-order chi connectivity index (χ0) is 13.1. The SMILES string of the molecule is O=C(O)CCn1nnnc1-c1cccc(Br)c1F. The van der Waals surface area contributed by atoms with E-state index in [4.69, 9.17) is 5.11 Å². The van der Waals surface area contributed by atoms with E-state index in [9.17, 15) is 9.18 Å². The summed E-state index contributed by atoms with van der Waals surface area (Å²) < 4.78 is 15.4. The van der Waals surface area contributed by atoms with Gasteiger partial charge in [0.25, 0.3) is 0 Å². The van der Waals surface area contributed by atoms with Gasteiger partial charge < -0.3 is 5.11 Å². The van der Waals surface area contributed by atoms with Gasteiger partial charge in [0.05, 0.1) is 23.0 Å². The molecule has 8 heteroatoms. The third-order valence-corrected chi connectivity index (χ3v) is 2.87. The van der Waals surface area contributed by atoms with Gasteiger partial charge in [0.2, 0.25) is 0 Å². The fourth-order valence-electron chi connectivity index (χ4n) is 1.43. The largest absolute Gasteiger partial charge is 0.481 e. The molecule has 2 rings (SSSR count). The number of nitrogens with zero attached hydrogens (tertiary/aromatic N) is 4. The third-order valence-electron chi connectivity index (χ3n) is 2.26. The number of tetrazole rings is 1. The normalized spacial score (nSPS) is 10.6. The highest BCUT2D eigenvalue weighted by molar-refractivity contribution is 9.10. The molecule has 0 spiro atoms. The highest BCUT2D eigenvalue weighted by Gasteiger charge is 2.15. The van der Waals surface area contributed by atoms with Crippen LogP contribution in [0.5, 0.6) is 0 Å². The first-order valence-electron chi connectivity index (χ1n) is 5.02. The minimum atomic E-state index is -0.967. The number of carboxylic acids is 1. The Labute approximate surface area is 110 Å². The van der Waals surface area contributed by atoms with Crippen molar-refractivity contribution in [3.63, 3.8) is 0 Å². The number of hydrogen-bond donors (Lipinski definition) is 1. The molecule has 0 amide bonds. The average molecular weight is 315 g/mol. The van der Waals surface area contributed by atoms with Gasteiger partial charge in [-0.15, -0.1) is 5.10 Å². The second-order valence-electron chi connectivity index (χ2n) is 3.47. The molecule has 0 fully saturated rings. The predicted octanol–water partition coefficient (Wildman–Crippen LogP) is 1.72. The zero-order valence-corrected chi connectivity index (χ0v) is 10.6. The van der Waals surface area contributed by atoms with E-state index in [2.05, 4.69) is 31.5 Å². The van der Waals surface area contributed by atoms with Crippen molar-refractivity contribution in [2.24, 2.45) is 0 Å². The molecule has 1 aromatic heterocycles. The second kappa shape index (κ2) is 5.21. The molecule has 0 saturated heterocycles. The molecule has 0 saturated carbocycles. The van der Waals surface area contributed by atoms with Gasteiger partial charge in [-0.1, -0.05) is 6.07 Å². The lowest BCUT2D eigenvalue weighted by Gasteiger charge is -2.05. The van der Waals surface area contributed by atoms with Gasteiger partial charge >= 0.3 is 5.97 Å². The van der Waals surface area contributed by atoms with E-state index in [-0.39, 0.29) is 24.4 Å². The van der Waals surface area contributed by atoms with E-state index in [1.807, 2.05) is 0 Å². The molecule has 0 atom stereocenters. The van der Waals surface area contributed by atoms with E-state index in [1.165, 1.54) is 10.7 Å². The second-order valence-corrected chi connectivity index (χ2v) is 4.33. The average Bonchev–Trinajstić information content (AvgIpc) is 2.78. The topological polar surface area (TPSA) is 80.9 Å². The highest BCUT2D eigenvalue weighted by Crippen LogP contribution is 2.25. The number of benzene rings is 1. The lowest BCUT2D eigenvalue weighted by Crippen LogP contribution is -2.08. The maximum absolute atomic E-state index is 13.9. The van der Waals surface area contributed by atoms with E-state index < -0.39 is 11.8 Å². The minimum Gasteiger partial charge on any atom is -0.481 e. The van der Waals surface area contributed by atoms with Gasteiger partial charge in [-0.25, -0.2) is 9.07 Å². The molecule has 0 aliphatic rings. The van der Waals surface area contributed by atoms with Gasteiger partial charge in [-0.3, -0.25) is 4.79 Å². The van der Waals surface area contributed by atoms with Crippen molar-refractivity contribution in [3.8, 4) is 11.4 Å². The Balaban J connectivity index is 2.36. The lowest BCUT2D eigenvalue weighted by molar-refractivity contribution is -0.137. The molecule has 0 radical (unpaired) electrons. The molecule has 94 valence electrons. The van der Waals surface area contributed by atoms with Crippen LogP contribution >= 0.6 is 15.9 Å². The number of aryl methyl sites for hydroxylation is 1. The number of hydrogen-bond acceptors (Lipinski definition) is 4. The summed E-state index contributed by atoms with van der Waals surface area (Å²) in [5.74, 6) is -1.25. The van der Waals surface area contributed by atoms with Crippen LogP contribution in [0.4, 0.5) is 4.39 Å². The van der Waals surface area contributed by atoms with Crippen molar-refractivity contribution < 1.29 is 14.3 Å². The Morgan fingerprint density at radius 3 is 3.00 bits per heavy atom. The summed E-state index contributed by atoms with van der Waals surface area (Å²) in [6, 6.07) is 4.74. The Bertz CT molecular complexity index is 587. The zero-order valence-electron chi connectivity index (χ0n) is 9.05. The van der Waals surface area contributed by atoms with Crippen LogP contribution in [0, 0.1) is 5.82 Å². The summed E-state index contributed by atoms with van der Waals surface area (Å²) in [6.45, 7) is 0.0869. The standard InChI is InChI=1S/C10H8BrFN4O2/c11-7-3-1-2-6(9(7)12)10-13-14-15-16(10)5-4-8(17)18/h1-3H,4-5H2,(H,17,18). The molecule has 1 N–H and O–H groups in total. The van der Waals surface area contributed by atoms with Gasteiger partial charge in [-0.05, 0) is 38.5 Å². The molecular weight excluding hydrogens is 307 g/mol. The van der Waals surface area contributed by atoms with Gasteiger partial charge in [0.15, 0.2) is 5.82 Å². The first kappa shape index (κ1) is 12.6. The van der Waals surface area contributed by atoms with E-state index in [0.29, 0.717) is 4.47 Å². The number of rotatable bonds is 4. The van der Waals surface area contributed by atoms with Crippen molar-refractivity contribution in [3.05, 3.63) is 28.5 Å². The number of halogens is 2. The van der Waals surface area contributed by atoms with Crippen LogP contribution in [0.1, 0.15) is 6.42 Å². The van der Waals surface area contributed by atoms with E-state index in [1.54, 1.807) is 12.1 Å².